The van der Waals surface area contributed by atoms with Crippen LogP contribution in [-0.4, -0.2) is 58.7 Å². The van der Waals surface area contributed by atoms with E-state index >= 15 is 0 Å². The van der Waals surface area contributed by atoms with E-state index in [2.05, 4.69) is 36.7 Å². The first-order valence-electron chi connectivity index (χ1n) is 10.8. The zero-order valence-corrected chi connectivity index (χ0v) is 19.0. The van der Waals surface area contributed by atoms with Gasteiger partial charge in [-0.25, -0.2) is 19.9 Å². The van der Waals surface area contributed by atoms with Gasteiger partial charge >= 0.3 is 5.97 Å². The van der Waals surface area contributed by atoms with Crippen molar-refractivity contribution in [2.24, 2.45) is 0 Å². The second-order valence-electron chi connectivity index (χ2n) is 7.88. The predicted molar refractivity (Wildman–Crippen MR) is 118 cm³/mol. The second kappa shape index (κ2) is 10.5. The van der Waals surface area contributed by atoms with E-state index < -0.39 is 6.10 Å². The fraction of sp³-hybridized carbons (Fsp3) is 0.591. The molecule has 1 saturated heterocycles. The van der Waals surface area contributed by atoms with Crippen molar-refractivity contribution in [2.45, 2.75) is 59.3 Å². The Bertz CT molecular complexity index is 893. The summed E-state index contributed by atoms with van der Waals surface area (Å²) in [6.45, 7) is 10.7. The number of ether oxygens (including phenoxy) is 2. The van der Waals surface area contributed by atoms with Crippen LogP contribution >= 0.6 is 0 Å². The molecule has 0 unspecified atom stereocenters. The number of carbonyl (C=O) groups excluding carboxylic acids is 1. The van der Waals surface area contributed by atoms with Crippen LogP contribution in [-0.2, 0) is 20.9 Å². The molecule has 0 spiro atoms. The van der Waals surface area contributed by atoms with Crippen molar-refractivity contribution in [3.8, 4) is 0 Å². The van der Waals surface area contributed by atoms with Gasteiger partial charge in [0.05, 0.1) is 12.3 Å². The summed E-state index contributed by atoms with van der Waals surface area (Å²) >= 11 is 0. The van der Waals surface area contributed by atoms with Gasteiger partial charge < -0.3 is 19.3 Å². The summed E-state index contributed by atoms with van der Waals surface area (Å²) in [6.07, 6.45) is 2.40. The first-order chi connectivity index (χ1) is 14.9. The summed E-state index contributed by atoms with van der Waals surface area (Å²) in [4.78, 5) is 34.5. The fourth-order valence-corrected chi connectivity index (χ4v) is 3.68. The Morgan fingerprint density at radius 3 is 2.81 bits per heavy atom. The van der Waals surface area contributed by atoms with Crippen molar-refractivity contribution in [2.75, 3.05) is 36.5 Å². The van der Waals surface area contributed by atoms with E-state index in [1.807, 2.05) is 26.0 Å². The minimum atomic E-state index is -0.474. The smallest absolute Gasteiger partial charge is 0.306 e. The molecule has 0 saturated carbocycles. The Morgan fingerprint density at radius 1 is 1.29 bits per heavy atom. The largest absolute Gasteiger partial charge is 0.454 e. The van der Waals surface area contributed by atoms with Crippen molar-refractivity contribution in [3.63, 3.8) is 0 Å². The third-order valence-corrected chi connectivity index (χ3v) is 5.18. The van der Waals surface area contributed by atoms with E-state index in [1.54, 1.807) is 20.2 Å². The van der Waals surface area contributed by atoms with Crippen LogP contribution < -0.4 is 9.80 Å². The first kappa shape index (κ1) is 22.9. The van der Waals surface area contributed by atoms with Crippen molar-refractivity contribution in [3.05, 3.63) is 35.5 Å². The van der Waals surface area contributed by atoms with Crippen LogP contribution in [0.15, 0.2) is 18.3 Å². The van der Waals surface area contributed by atoms with Crippen LogP contribution in [0.2, 0.25) is 0 Å². The number of esters is 1. The van der Waals surface area contributed by atoms with Gasteiger partial charge in [0.2, 0.25) is 5.95 Å². The molecule has 2 atom stereocenters. The van der Waals surface area contributed by atoms with Gasteiger partial charge in [0.25, 0.3) is 0 Å². The summed E-state index contributed by atoms with van der Waals surface area (Å²) in [7, 11) is 1.67. The quantitative estimate of drug-likeness (QED) is 0.588. The summed E-state index contributed by atoms with van der Waals surface area (Å²) in [5, 5.41) is 0. The molecular weight excluding hydrogens is 396 g/mol. The highest BCUT2D eigenvalue weighted by Crippen LogP contribution is 2.23. The van der Waals surface area contributed by atoms with Crippen LogP contribution in [0, 0.1) is 6.92 Å². The Balaban J connectivity index is 1.69. The maximum atomic E-state index is 11.8. The van der Waals surface area contributed by atoms with E-state index in [0.717, 1.165) is 49.2 Å². The highest BCUT2D eigenvalue weighted by molar-refractivity contribution is 5.69. The summed E-state index contributed by atoms with van der Waals surface area (Å²) in [5.41, 5.74) is 1.81. The number of methoxy groups -OCH3 is 1. The standard InChI is InChI=1S/C22H32N6O3/c1-6-7-20(29)31-17(4)21-23-9-8-19(26-21)27-10-11-28(16(3)13-27)22-24-15(2)12-18(25-22)14-30-5/h8-9,12,16-17H,6-7,10-11,13-14H2,1-5H3/t16-,17-/m1/s1. The van der Waals surface area contributed by atoms with Crippen molar-refractivity contribution < 1.29 is 14.3 Å². The van der Waals surface area contributed by atoms with E-state index in [9.17, 15) is 4.79 Å². The molecule has 2 aromatic rings. The van der Waals surface area contributed by atoms with E-state index in [0.29, 0.717) is 18.9 Å². The Labute approximate surface area is 183 Å². The first-order valence-corrected chi connectivity index (χ1v) is 10.8. The number of nitrogens with zero attached hydrogens (tertiary/aromatic N) is 6. The molecule has 0 bridgehead atoms. The third kappa shape index (κ3) is 5.88. The van der Waals surface area contributed by atoms with Gasteiger partial charge in [-0.05, 0) is 39.3 Å². The third-order valence-electron chi connectivity index (χ3n) is 5.18. The molecule has 9 heteroatoms. The lowest BCUT2D eigenvalue weighted by Gasteiger charge is -2.40. The lowest BCUT2D eigenvalue weighted by molar-refractivity contribution is -0.149. The Hall–Kier alpha value is -2.81. The van der Waals surface area contributed by atoms with Gasteiger partial charge in [0, 0.05) is 51.1 Å². The van der Waals surface area contributed by atoms with Crippen molar-refractivity contribution in [1.82, 2.24) is 19.9 Å². The average Bonchev–Trinajstić information content (AvgIpc) is 2.73. The molecule has 1 aliphatic rings. The maximum Gasteiger partial charge on any atom is 0.306 e. The van der Waals surface area contributed by atoms with Gasteiger partial charge in [-0.1, -0.05) is 6.92 Å². The van der Waals surface area contributed by atoms with Crippen LogP contribution in [0.1, 0.15) is 56.9 Å². The molecule has 3 rings (SSSR count). The molecule has 1 fully saturated rings. The average molecular weight is 429 g/mol. The van der Waals surface area contributed by atoms with E-state index in [-0.39, 0.29) is 12.0 Å². The highest BCUT2D eigenvalue weighted by atomic mass is 16.5. The van der Waals surface area contributed by atoms with Gasteiger partial charge in [-0.15, -0.1) is 0 Å². The number of rotatable bonds is 8. The molecule has 0 N–H and O–H groups in total. The SMILES string of the molecule is CCCC(=O)O[C@H](C)c1nccc(N2CCN(c3nc(C)cc(COC)n3)[C@H](C)C2)n1. The number of carbonyl (C=O) groups is 1. The molecule has 31 heavy (non-hydrogen) atoms. The summed E-state index contributed by atoms with van der Waals surface area (Å²) < 4.78 is 10.7. The molecule has 0 aliphatic carbocycles. The zero-order valence-electron chi connectivity index (χ0n) is 19.0. The molecule has 1 aliphatic heterocycles. The molecule has 2 aromatic heterocycles. The van der Waals surface area contributed by atoms with Gasteiger partial charge in [0.1, 0.15) is 5.82 Å². The predicted octanol–water partition coefficient (Wildman–Crippen LogP) is 2.84. The number of hydrogen-bond donors (Lipinski definition) is 0. The van der Waals surface area contributed by atoms with Crippen LogP contribution in [0.5, 0.6) is 0 Å². The molecular formula is C22H32N6O3. The number of anilines is 2. The summed E-state index contributed by atoms with van der Waals surface area (Å²) in [6, 6.07) is 4.04. The van der Waals surface area contributed by atoms with Gasteiger partial charge in [-0.2, -0.15) is 0 Å². The topological polar surface area (TPSA) is 93.6 Å². The van der Waals surface area contributed by atoms with Gasteiger partial charge in [0.15, 0.2) is 11.9 Å². The van der Waals surface area contributed by atoms with E-state index in [1.165, 1.54) is 0 Å². The normalized spacial score (nSPS) is 17.5. The maximum absolute atomic E-state index is 11.8. The molecule has 0 aromatic carbocycles. The minimum absolute atomic E-state index is 0.198. The lowest BCUT2D eigenvalue weighted by atomic mass is 10.2. The molecule has 9 nitrogen and oxygen atoms in total. The second-order valence-corrected chi connectivity index (χ2v) is 7.88. The molecule has 0 radical (unpaired) electrons. The monoisotopic (exact) mass is 428 g/mol. The van der Waals surface area contributed by atoms with E-state index in [4.69, 9.17) is 9.47 Å². The van der Waals surface area contributed by atoms with Gasteiger partial charge in [-0.3, -0.25) is 4.79 Å². The van der Waals surface area contributed by atoms with Crippen molar-refractivity contribution in [1.29, 1.82) is 0 Å². The molecule has 168 valence electrons. The molecule has 0 amide bonds. The minimum Gasteiger partial charge on any atom is -0.454 e. The van der Waals surface area contributed by atoms with Crippen LogP contribution in [0.4, 0.5) is 11.8 Å². The fourth-order valence-electron chi connectivity index (χ4n) is 3.68. The highest BCUT2D eigenvalue weighted by Gasteiger charge is 2.27. The number of aryl methyl sites for hydroxylation is 1. The van der Waals surface area contributed by atoms with Crippen LogP contribution in [0.25, 0.3) is 0 Å². The van der Waals surface area contributed by atoms with Crippen LogP contribution in [0.3, 0.4) is 0 Å². The molecule has 3 heterocycles. The number of piperazine rings is 1. The zero-order chi connectivity index (χ0) is 22.4. The van der Waals surface area contributed by atoms with Crippen molar-refractivity contribution >= 4 is 17.7 Å². The lowest BCUT2D eigenvalue weighted by Crippen LogP contribution is -2.53. The number of hydrogen-bond acceptors (Lipinski definition) is 9. The Kier molecular flexibility index (Phi) is 7.73. The summed E-state index contributed by atoms with van der Waals surface area (Å²) in [5.74, 6) is 1.86. The Morgan fingerprint density at radius 2 is 2.10 bits per heavy atom. The number of aromatic nitrogens is 4.